The Bertz CT molecular complexity index is 675. The van der Waals surface area contributed by atoms with Crippen molar-refractivity contribution >= 4 is 0 Å². The molecule has 0 amide bonds. The Labute approximate surface area is 150 Å². The average molecular weight is 340 g/mol. The molecule has 1 heterocycles. The van der Waals surface area contributed by atoms with Crippen LogP contribution in [0.15, 0.2) is 48.5 Å². The lowest BCUT2D eigenvalue weighted by atomic mass is 10.1. The van der Waals surface area contributed by atoms with E-state index in [1.807, 2.05) is 6.07 Å². The first kappa shape index (κ1) is 17.8. The predicted octanol–water partition coefficient (Wildman–Crippen LogP) is 3.63. The minimum absolute atomic E-state index is 0.279. The Morgan fingerprint density at radius 3 is 2.56 bits per heavy atom. The zero-order valence-electron chi connectivity index (χ0n) is 15.4. The summed E-state index contributed by atoms with van der Waals surface area (Å²) in [6.45, 7) is 5.47. The fourth-order valence-corrected chi connectivity index (χ4v) is 3.53. The predicted molar refractivity (Wildman–Crippen MR) is 101 cm³/mol. The van der Waals surface area contributed by atoms with Crippen LogP contribution in [0.2, 0.25) is 0 Å². The van der Waals surface area contributed by atoms with E-state index in [4.69, 9.17) is 9.47 Å². The summed E-state index contributed by atoms with van der Waals surface area (Å²) in [6, 6.07) is 17.6. The SMILES string of the molecule is COc1ccc(C(C)NC2CCN(Cc3ccccc3)C2)cc1OC. The highest BCUT2D eigenvalue weighted by molar-refractivity contribution is 5.43. The number of nitrogens with zero attached hydrogens (tertiary/aromatic N) is 1. The maximum atomic E-state index is 5.42. The summed E-state index contributed by atoms with van der Waals surface area (Å²) in [5.74, 6) is 1.55. The highest BCUT2D eigenvalue weighted by Gasteiger charge is 2.24. The molecule has 4 heteroatoms. The normalized spacial score (nSPS) is 18.9. The Balaban J connectivity index is 1.56. The summed E-state index contributed by atoms with van der Waals surface area (Å²) in [4.78, 5) is 2.52. The number of methoxy groups -OCH3 is 2. The van der Waals surface area contributed by atoms with Crippen molar-refractivity contribution in [3.63, 3.8) is 0 Å². The van der Waals surface area contributed by atoms with Crippen LogP contribution in [0.4, 0.5) is 0 Å². The minimum atomic E-state index is 0.279. The van der Waals surface area contributed by atoms with E-state index in [1.54, 1.807) is 14.2 Å². The molecule has 2 aromatic rings. The lowest BCUT2D eigenvalue weighted by Crippen LogP contribution is -2.34. The van der Waals surface area contributed by atoms with Crippen molar-refractivity contribution in [2.24, 2.45) is 0 Å². The number of ether oxygens (including phenoxy) is 2. The maximum absolute atomic E-state index is 5.42. The van der Waals surface area contributed by atoms with E-state index in [0.717, 1.165) is 31.1 Å². The van der Waals surface area contributed by atoms with Crippen LogP contribution in [-0.4, -0.2) is 38.3 Å². The number of hydrogen-bond acceptors (Lipinski definition) is 4. The number of nitrogens with one attached hydrogen (secondary N) is 1. The second-order valence-corrected chi connectivity index (χ2v) is 6.71. The van der Waals surface area contributed by atoms with E-state index in [1.165, 1.54) is 17.5 Å². The van der Waals surface area contributed by atoms with Gasteiger partial charge < -0.3 is 14.8 Å². The molecule has 4 nitrogen and oxygen atoms in total. The van der Waals surface area contributed by atoms with Gasteiger partial charge in [0.25, 0.3) is 0 Å². The third-order valence-corrected chi connectivity index (χ3v) is 4.91. The molecule has 0 aliphatic carbocycles. The molecule has 1 fully saturated rings. The molecule has 0 radical (unpaired) electrons. The van der Waals surface area contributed by atoms with Crippen LogP contribution >= 0.6 is 0 Å². The van der Waals surface area contributed by atoms with Crippen molar-refractivity contribution in [1.29, 1.82) is 0 Å². The lowest BCUT2D eigenvalue weighted by Gasteiger charge is -2.21. The molecule has 1 saturated heterocycles. The number of rotatable bonds is 7. The Hall–Kier alpha value is -2.04. The van der Waals surface area contributed by atoms with Crippen LogP contribution in [-0.2, 0) is 6.54 Å². The molecule has 25 heavy (non-hydrogen) atoms. The van der Waals surface area contributed by atoms with Crippen LogP contribution in [0, 0.1) is 0 Å². The third-order valence-electron chi connectivity index (χ3n) is 4.91. The molecule has 1 aliphatic rings. The van der Waals surface area contributed by atoms with Crippen molar-refractivity contribution in [2.45, 2.75) is 32.0 Å². The van der Waals surface area contributed by atoms with Gasteiger partial charge in [0, 0.05) is 31.7 Å². The Morgan fingerprint density at radius 1 is 1.08 bits per heavy atom. The summed E-state index contributed by atoms with van der Waals surface area (Å²) >= 11 is 0. The van der Waals surface area contributed by atoms with Gasteiger partial charge in [0.15, 0.2) is 11.5 Å². The molecule has 1 N–H and O–H groups in total. The Kier molecular flexibility index (Phi) is 5.95. The van der Waals surface area contributed by atoms with Gasteiger partial charge in [0.1, 0.15) is 0 Å². The first-order valence-corrected chi connectivity index (χ1v) is 8.94. The van der Waals surface area contributed by atoms with Crippen LogP contribution in [0.1, 0.15) is 30.5 Å². The van der Waals surface area contributed by atoms with Crippen molar-refractivity contribution in [3.05, 3.63) is 59.7 Å². The first-order chi connectivity index (χ1) is 12.2. The van der Waals surface area contributed by atoms with Gasteiger partial charge in [-0.2, -0.15) is 0 Å². The summed E-state index contributed by atoms with van der Waals surface area (Å²) < 4.78 is 10.7. The molecule has 0 aromatic heterocycles. The van der Waals surface area contributed by atoms with Crippen molar-refractivity contribution in [1.82, 2.24) is 10.2 Å². The maximum Gasteiger partial charge on any atom is 0.161 e. The fourth-order valence-electron chi connectivity index (χ4n) is 3.53. The molecule has 0 spiro atoms. The second-order valence-electron chi connectivity index (χ2n) is 6.71. The van der Waals surface area contributed by atoms with Gasteiger partial charge >= 0.3 is 0 Å². The van der Waals surface area contributed by atoms with Crippen molar-refractivity contribution in [3.8, 4) is 11.5 Å². The Morgan fingerprint density at radius 2 is 1.84 bits per heavy atom. The summed E-state index contributed by atoms with van der Waals surface area (Å²) in [5.41, 5.74) is 2.61. The van der Waals surface area contributed by atoms with E-state index in [0.29, 0.717) is 6.04 Å². The molecular weight excluding hydrogens is 312 g/mol. The van der Waals surface area contributed by atoms with Crippen molar-refractivity contribution in [2.75, 3.05) is 27.3 Å². The average Bonchev–Trinajstić information content (AvgIpc) is 3.08. The van der Waals surface area contributed by atoms with E-state index in [-0.39, 0.29) is 6.04 Å². The van der Waals surface area contributed by atoms with Crippen LogP contribution < -0.4 is 14.8 Å². The number of hydrogen-bond donors (Lipinski definition) is 1. The van der Waals surface area contributed by atoms with Gasteiger partial charge in [-0.15, -0.1) is 0 Å². The standard InChI is InChI=1S/C21H28N2O2/c1-16(18-9-10-20(24-2)21(13-18)25-3)22-19-11-12-23(15-19)14-17-7-5-4-6-8-17/h4-10,13,16,19,22H,11-12,14-15H2,1-3H3. The fraction of sp³-hybridized carbons (Fsp3) is 0.429. The molecular formula is C21H28N2O2. The molecule has 2 unspecified atom stereocenters. The lowest BCUT2D eigenvalue weighted by molar-refractivity contribution is 0.316. The highest BCUT2D eigenvalue weighted by Crippen LogP contribution is 2.30. The highest BCUT2D eigenvalue weighted by atomic mass is 16.5. The largest absolute Gasteiger partial charge is 0.493 e. The van der Waals surface area contributed by atoms with E-state index >= 15 is 0 Å². The van der Waals surface area contributed by atoms with E-state index in [9.17, 15) is 0 Å². The monoisotopic (exact) mass is 340 g/mol. The molecule has 0 saturated carbocycles. The topological polar surface area (TPSA) is 33.7 Å². The molecule has 2 atom stereocenters. The van der Waals surface area contributed by atoms with Gasteiger partial charge in [-0.3, -0.25) is 4.90 Å². The molecule has 0 bridgehead atoms. The molecule has 3 rings (SSSR count). The second kappa shape index (κ2) is 8.37. The molecule has 134 valence electrons. The number of likely N-dealkylation sites (tertiary alicyclic amines) is 1. The quantitative estimate of drug-likeness (QED) is 0.834. The van der Waals surface area contributed by atoms with Crippen LogP contribution in [0.3, 0.4) is 0 Å². The minimum Gasteiger partial charge on any atom is -0.493 e. The first-order valence-electron chi connectivity index (χ1n) is 8.94. The number of benzene rings is 2. The zero-order chi connectivity index (χ0) is 17.6. The summed E-state index contributed by atoms with van der Waals surface area (Å²) in [7, 11) is 3.34. The van der Waals surface area contributed by atoms with E-state index < -0.39 is 0 Å². The molecule has 1 aliphatic heterocycles. The van der Waals surface area contributed by atoms with Gasteiger partial charge in [-0.05, 0) is 36.6 Å². The molecule has 2 aromatic carbocycles. The van der Waals surface area contributed by atoms with Gasteiger partial charge in [0.05, 0.1) is 14.2 Å². The van der Waals surface area contributed by atoms with Gasteiger partial charge in [-0.25, -0.2) is 0 Å². The van der Waals surface area contributed by atoms with Gasteiger partial charge in [0.2, 0.25) is 0 Å². The van der Waals surface area contributed by atoms with E-state index in [2.05, 4.69) is 59.6 Å². The van der Waals surface area contributed by atoms with Gasteiger partial charge in [-0.1, -0.05) is 36.4 Å². The zero-order valence-corrected chi connectivity index (χ0v) is 15.4. The third kappa shape index (κ3) is 4.53. The summed E-state index contributed by atoms with van der Waals surface area (Å²) in [5, 5.41) is 3.76. The van der Waals surface area contributed by atoms with Crippen molar-refractivity contribution < 1.29 is 9.47 Å². The summed E-state index contributed by atoms with van der Waals surface area (Å²) in [6.07, 6.45) is 1.18. The van der Waals surface area contributed by atoms with Crippen LogP contribution in [0.25, 0.3) is 0 Å². The van der Waals surface area contributed by atoms with Crippen LogP contribution in [0.5, 0.6) is 11.5 Å². The smallest absolute Gasteiger partial charge is 0.161 e.